The van der Waals surface area contributed by atoms with Crippen molar-refractivity contribution in [3.63, 3.8) is 0 Å². The summed E-state index contributed by atoms with van der Waals surface area (Å²) >= 11 is 0. The van der Waals surface area contributed by atoms with Crippen LogP contribution in [-0.2, 0) is 12.8 Å². The molecule has 3 heteroatoms. The van der Waals surface area contributed by atoms with Crippen LogP contribution in [0.4, 0.5) is 0 Å². The van der Waals surface area contributed by atoms with Crippen LogP contribution in [0.3, 0.4) is 0 Å². The number of carbonyl (C=O) groups is 1. The Hall–Kier alpha value is -3.07. The van der Waals surface area contributed by atoms with Gasteiger partial charge in [-0.3, -0.25) is 4.79 Å². The molecule has 0 spiro atoms. The van der Waals surface area contributed by atoms with Gasteiger partial charge in [-0.15, -0.1) is 0 Å². The standard InChI is InChI=1S/C32H41NO2/c1-6-11-27-15-16-29(35-17-10-14-26-12-8-7-9-13-26)22-30(27)32(34)33-31(18-23(2)3)28-20-24(4)19-25(5)21-28/h7-9,12-13,15-16,19-23,31H,6,10-11,14,17-18H2,1-5H3,(H,33,34). The number of hydrogen-bond donors (Lipinski definition) is 1. The molecule has 0 fully saturated rings. The molecule has 1 N–H and O–H groups in total. The van der Waals surface area contributed by atoms with Gasteiger partial charge < -0.3 is 10.1 Å². The van der Waals surface area contributed by atoms with Gasteiger partial charge in [0.05, 0.1) is 12.6 Å². The summed E-state index contributed by atoms with van der Waals surface area (Å²) in [7, 11) is 0. The highest BCUT2D eigenvalue weighted by Crippen LogP contribution is 2.26. The van der Waals surface area contributed by atoms with E-state index in [1.54, 1.807) is 0 Å². The first-order valence-corrected chi connectivity index (χ1v) is 13.0. The minimum atomic E-state index is -0.0222. The average molecular weight is 472 g/mol. The van der Waals surface area contributed by atoms with Crippen molar-refractivity contribution in [2.24, 2.45) is 5.92 Å². The highest BCUT2D eigenvalue weighted by molar-refractivity contribution is 5.96. The number of nitrogens with one attached hydrogen (secondary N) is 1. The van der Waals surface area contributed by atoms with E-state index < -0.39 is 0 Å². The molecule has 1 amide bonds. The first-order valence-electron chi connectivity index (χ1n) is 13.0. The second-order valence-electron chi connectivity index (χ2n) is 10.1. The number of benzene rings is 3. The Morgan fingerprint density at radius 3 is 2.29 bits per heavy atom. The van der Waals surface area contributed by atoms with E-state index >= 15 is 0 Å². The highest BCUT2D eigenvalue weighted by Gasteiger charge is 2.20. The molecule has 0 saturated carbocycles. The molecule has 0 heterocycles. The van der Waals surface area contributed by atoms with Gasteiger partial charge in [-0.25, -0.2) is 0 Å². The summed E-state index contributed by atoms with van der Waals surface area (Å²) in [4.78, 5) is 13.6. The Morgan fingerprint density at radius 2 is 1.63 bits per heavy atom. The van der Waals surface area contributed by atoms with Crippen LogP contribution in [-0.4, -0.2) is 12.5 Å². The molecule has 0 aliphatic carbocycles. The van der Waals surface area contributed by atoms with E-state index in [0.29, 0.717) is 12.5 Å². The first-order chi connectivity index (χ1) is 16.9. The van der Waals surface area contributed by atoms with Gasteiger partial charge in [0, 0.05) is 5.56 Å². The number of rotatable bonds is 12. The molecule has 0 aromatic heterocycles. The third kappa shape index (κ3) is 8.28. The minimum Gasteiger partial charge on any atom is -0.494 e. The molecule has 0 aliphatic rings. The summed E-state index contributed by atoms with van der Waals surface area (Å²) in [6.45, 7) is 11.4. The number of carbonyl (C=O) groups excluding carboxylic acids is 1. The van der Waals surface area contributed by atoms with Crippen molar-refractivity contribution in [2.75, 3.05) is 6.61 Å². The lowest BCUT2D eigenvalue weighted by Crippen LogP contribution is -2.30. The molecule has 35 heavy (non-hydrogen) atoms. The van der Waals surface area contributed by atoms with Crippen LogP contribution >= 0.6 is 0 Å². The van der Waals surface area contributed by atoms with Crippen LogP contribution in [0.15, 0.2) is 66.7 Å². The van der Waals surface area contributed by atoms with Gasteiger partial charge >= 0.3 is 0 Å². The molecular weight excluding hydrogens is 430 g/mol. The Bertz CT molecular complexity index is 1070. The number of aryl methyl sites for hydroxylation is 4. The molecule has 0 aliphatic heterocycles. The molecule has 3 aromatic carbocycles. The van der Waals surface area contributed by atoms with Crippen molar-refractivity contribution in [2.45, 2.75) is 72.8 Å². The first kappa shape index (κ1) is 26.5. The summed E-state index contributed by atoms with van der Waals surface area (Å²) in [6, 6.07) is 23.0. The predicted octanol–water partition coefficient (Wildman–Crippen LogP) is 7.78. The summed E-state index contributed by atoms with van der Waals surface area (Å²) in [5, 5.41) is 3.36. The molecule has 0 saturated heterocycles. The number of amides is 1. The maximum atomic E-state index is 13.6. The van der Waals surface area contributed by atoms with Gasteiger partial charge in [0.1, 0.15) is 5.75 Å². The van der Waals surface area contributed by atoms with E-state index in [4.69, 9.17) is 4.74 Å². The second kappa shape index (κ2) is 13.1. The van der Waals surface area contributed by atoms with Gasteiger partial charge in [0.15, 0.2) is 0 Å². The van der Waals surface area contributed by atoms with Crippen molar-refractivity contribution in [3.05, 3.63) is 100 Å². The van der Waals surface area contributed by atoms with Crippen LogP contribution in [0.2, 0.25) is 0 Å². The van der Waals surface area contributed by atoms with Crippen LogP contribution in [0.5, 0.6) is 5.75 Å². The van der Waals surface area contributed by atoms with Gasteiger partial charge in [-0.1, -0.05) is 92.9 Å². The van der Waals surface area contributed by atoms with Crippen molar-refractivity contribution < 1.29 is 9.53 Å². The lowest BCUT2D eigenvalue weighted by molar-refractivity contribution is 0.0930. The summed E-state index contributed by atoms with van der Waals surface area (Å²) in [5.74, 6) is 1.21. The summed E-state index contributed by atoms with van der Waals surface area (Å²) in [6.07, 6.45) is 4.67. The molecule has 0 bridgehead atoms. The maximum Gasteiger partial charge on any atom is 0.252 e. The Labute approximate surface area is 211 Å². The molecule has 1 atom stereocenters. The lowest BCUT2D eigenvalue weighted by atomic mass is 9.93. The topological polar surface area (TPSA) is 38.3 Å². The predicted molar refractivity (Wildman–Crippen MR) is 146 cm³/mol. The zero-order valence-electron chi connectivity index (χ0n) is 22.1. The molecule has 3 aromatic rings. The zero-order valence-corrected chi connectivity index (χ0v) is 22.1. The summed E-state index contributed by atoms with van der Waals surface area (Å²) < 4.78 is 6.06. The second-order valence-corrected chi connectivity index (χ2v) is 10.1. The van der Waals surface area contributed by atoms with Gasteiger partial charge in [0.25, 0.3) is 5.91 Å². The van der Waals surface area contributed by atoms with Crippen molar-refractivity contribution >= 4 is 5.91 Å². The smallest absolute Gasteiger partial charge is 0.252 e. The normalized spacial score (nSPS) is 11.9. The largest absolute Gasteiger partial charge is 0.494 e. The van der Waals surface area contributed by atoms with E-state index in [-0.39, 0.29) is 11.9 Å². The van der Waals surface area contributed by atoms with Crippen molar-refractivity contribution in [1.82, 2.24) is 5.32 Å². The molecule has 0 radical (unpaired) electrons. The molecule has 1 unspecified atom stereocenters. The van der Waals surface area contributed by atoms with E-state index in [1.807, 2.05) is 18.2 Å². The Morgan fingerprint density at radius 1 is 0.914 bits per heavy atom. The van der Waals surface area contributed by atoms with E-state index in [0.717, 1.165) is 49.0 Å². The lowest BCUT2D eigenvalue weighted by Gasteiger charge is -2.23. The van der Waals surface area contributed by atoms with Crippen LogP contribution in [0.25, 0.3) is 0 Å². The summed E-state index contributed by atoms with van der Waals surface area (Å²) in [5.41, 5.74) is 6.74. The Balaban J connectivity index is 1.74. The van der Waals surface area contributed by atoms with Crippen LogP contribution < -0.4 is 10.1 Å². The molecule has 186 valence electrons. The number of hydrogen-bond acceptors (Lipinski definition) is 2. The van der Waals surface area contributed by atoms with E-state index in [2.05, 4.69) is 88.5 Å². The minimum absolute atomic E-state index is 0.0204. The fourth-order valence-corrected chi connectivity index (χ4v) is 4.65. The third-order valence-electron chi connectivity index (χ3n) is 6.23. The van der Waals surface area contributed by atoms with Crippen LogP contribution in [0.1, 0.15) is 84.3 Å². The molecule has 3 nitrogen and oxygen atoms in total. The quantitative estimate of drug-likeness (QED) is 0.274. The maximum absolute atomic E-state index is 13.6. The monoisotopic (exact) mass is 471 g/mol. The number of ether oxygens (including phenoxy) is 1. The Kier molecular flexibility index (Phi) is 9.96. The van der Waals surface area contributed by atoms with Crippen molar-refractivity contribution in [3.8, 4) is 5.75 Å². The SMILES string of the molecule is CCCc1ccc(OCCCc2ccccc2)cc1C(=O)NC(CC(C)C)c1cc(C)cc(C)c1. The van der Waals surface area contributed by atoms with E-state index in [9.17, 15) is 4.79 Å². The zero-order chi connectivity index (χ0) is 25.2. The van der Waals surface area contributed by atoms with E-state index in [1.165, 1.54) is 22.3 Å². The van der Waals surface area contributed by atoms with Gasteiger partial charge in [-0.05, 0) is 74.3 Å². The average Bonchev–Trinajstić information content (AvgIpc) is 2.82. The fourth-order valence-electron chi connectivity index (χ4n) is 4.65. The third-order valence-corrected chi connectivity index (χ3v) is 6.23. The van der Waals surface area contributed by atoms with Gasteiger partial charge in [-0.2, -0.15) is 0 Å². The van der Waals surface area contributed by atoms with Crippen LogP contribution in [0, 0.1) is 19.8 Å². The molecule has 3 rings (SSSR count). The fraction of sp³-hybridized carbons (Fsp3) is 0.406. The highest BCUT2D eigenvalue weighted by atomic mass is 16.5. The van der Waals surface area contributed by atoms with Gasteiger partial charge in [0.2, 0.25) is 0 Å². The molecular formula is C32H41NO2. The van der Waals surface area contributed by atoms with Crippen molar-refractivity contribution in [1.29, 1.82) is 0 Å².